The molecule has 5 atom stereocenters. The van der Waals surface area contributed by atoms with Crippen LogP contribution in [0.25, 0.3) is 0 Å². The molecule has 4 aliphatic rings. The lowest BCUT2D eigenvalue weighted by Crippen LogP contribution is -2.63. The fourth-order valence-corrected chi connectivity index (χ4v) is 9.82. The molecule has 5 rings (SSSR count). The largest absolute Gasteiger partial charge is 0.468 e. The molecule has 51 heavy (non-hydrogen) atoms. The lowest BCUT2D eigenvalue weighted by molar-refractivity contribution is -0.144. The third-order valence-electron chi connectivity index (χ3n) is 10.7. The van der Waals surface area contributed by atoms with E-state index in [4.69, 9.17) is 10.8 Å². The van der Waals surface area contributed by atoms with Crippen LogP contribution in [-0.2, 0) is 34.8 Å². The van der Waals surface area contributed by atoms with Crippen LogP contribution in [0, 0.1) is 29.1 Å². The summed E-state index contributed by atoms with van der Waals surface area (Å²) >= 11 is 0. The van der Waals surface area contributed by atoms with Gasteiger partial charge in [-0.15, -0.1) is 18.9 Å². The zero-order valence-corrected chi connectivity index (χ0v) is 31.2. The average molecular weight is 728 g/mol. The first-order chi connectivity index (χ1) is 23.9. The standard InChI is InChI=1S/C37H53N5O8S/c1-8-10-16-26(29(43)32(45)38-19-9-2)39-31(44)28-25-21-27(36(25,6)7)42(28)33(46)30(35(3,4)5)40-34(47)41-37(17-12-11-13-18-37)23-51(48,49)22-24-15-14-20-50-24/h1,9,14-15,20,25-28,30H,2,10-13,16-19,21-23H2,3-7H3,(H,38,45)(H,39,44)(H2,40,41,47)/t25?,26?,27?,28?,30-/m1/s1. The zero-order valence-electron chi connectivity index (χ0n) is 30.4. The Morgan fingerprint density at radius 2 is 1.82 bits per heavy atom. The van der Waals surface area contributed by atoms with Crippen molar-refractivity contribution in [2.45, 2.75) is 121 Å². The van der Waals surface area contributed by atoms with Gasteiger partial charge < -0.3 is 30.6 Å². The van der Waals surface area contributed by atoms with Crippen LogP contribution in [0.3, 0.4) is 0 Å². The number of sulfone groups is 1. The Labute approximate surface area is 301 Å². The van der Waals surface area contributed by atoms with Crippen molar-refractivity contribution in [2.75, 3.05) is 12.3 Å². The van der Waals surface area contributed by atoms with Gasteiger partial charge in [0.2, 0.25) is 17.6 Å². The molecule has 2 aliphatic carbocycles. The number of Topliss-reactive ketones (excluding diaryl/α,β-unsaturated/α-hetero) is 1. The molecule has 2 bridgehead atoms. The third kappa shape index (κ3) is 9.04. The van der Waals surface area contributed by atoms with Gasteiger partial charge in [0, 0.05) is 19.0 Å². The van der Waals surface area contributed by atoms with Crippen LogP contribution < -0.4 is 21.3 Å². The summed E-state index contributed by atoms with van der Waals surface area (Å²) in [4.78, 5) is 69.5. The van der Waals surface area contributed by atoms with E-state index in [1.165, 1.54) is 17.2 Å². The number of terminal acetylenes is 1. The summed E-state index contributed by atoms with van der Waals surface area (Å²) in [5.41, 5.74) is -2.28. The van der Waals surface area contributed by atoms with Gasteiger partial charge in [-0.25, -0.2) is 13.2 Å². The Kier molecular flexibility index (Phi) is 12.2. The van der Waals surface area contributed by atoms with E-state index in [-0.39, 0.29) is 42.9 Å². The highest BCUT2D eigenvalue weighted by Gasteiger charge is 2.67. The van der Waals surface area contributed by atoms with Crippen LogP contribution in [0.2, 0.25) is 0 Å². The number of nitrogens with zero attached hydrogens (tertiary/aromatic N) is 1. The molecular formula is C37H53N5O8S. The van der Waals surface area contributed by atoms with Gasteiger partial charge in [0.1, 0.15) is 23.6 Å². The molecule has 3 heterocycles. The second-order valence-corrected chi connectivity index (χ2v) is 18.0. The fraction of sp³-hybridized carbons (Fsp3) is 0.649. The van der Waals surface area contributed by atoms with Crippen molar-refractivity contribution in [3.63, 3.8) is 0 Å². The second kappa shape index (κ2) is 15.6. The topological polar surface area (TPSA) is 184 Å². The summed E-state index contributed by atoms with van der Waals surface area (Å²) in [5, 5.41) is 11.0. The molecule has 0 radical (unpaired) electrons. The Hall–Kier alpha value is -4.12. The van der Waals surface area contributed by atoms with Crippen molar-refractivity contribution in [1.29, 1.82) is 0 Å². The Morgan fingerprint density at radius 3 is 2.39 bits per heavy atom. The van der Waals surface area contributed by atoms with Gasteiger partial charge >= 0.3 is 6.03 Å². The summed E-state index contributed by atoms with van der Waals surface area (Å²) < 4.78 is 31.9. The molecule has 4 N–H and O–H groups in total. The van der Waals surface area contributed by atoms with E-state index >= 15 is 0 Å². The first kappa shape index (κ1) is 39.7. The molecule has 4 unspecified atom stereocenters. The van der Waals surface area contributed by atoms with Crippen LogP contribution in [0.4, 0.5) is 4.79 Å². The summed E-state index contributed by atoms with van der Waals surface area (Å²) in [6, 6.07) is -1.01. The second-order valence-electron chi connectivity index (χ2n) is 15.9. The molecule has 0 spiro atoms. The quantitative estimate of drug-likeness (QED) is 0.121. The van der Waals surface area contributed by atoms with Gasteiger partial charge in [-0.05, 0) is 54.6 Å². The van der Waals surface area contributed by atoms with Gasteiger partial charge in [0.05, 0.1) is 23.6 Å². The molecule has 1 aromatic rings. The van der Waals surface area contributed by atoms with E-state index in [9.17, 15) is 32.4 Å². The van der Waals surface area contributed by atoms with Crippen LogP contribution in [0.5, 0.6) is 0 Å². The molecule has 2 saturated carbocycles. The van der Waals surface area contributed by atoms with Crippen molar-refractivity contribution in [3.8, 4) is 12.3 Å². The first-order valence-corrected chi connectivity index (χ1v) is 19.5. The Morgan fingerprint density at radius 1 is 1.14 bits per heavy atom. The van der Waals surface area contributed by atoms with Crippen molar-refractivity contribution >= 4 is 39.4 Å². The normalized spacial score (nSPS) is 23.1. The smallest absolute Gasteiger partial charge is 0.315 e. The number of rotatable bonds is 15. The van der Waals surface area contributed by atoms with E-state index in [1.807, 2.05) is 13.8 Å². The molecule has 1 aromatic heterocycles. The Balaban J connectivity index is 1.55. The van der Waals surface area contributed by atoms with Crippen molar-refractivity contribution in [3.05, 3.63) is 36.8 Å². The van der Waals surface area contributed by atoms with Gasteiger partial charge in [-0.1, -0.05) is 60.0 Å². The summed E-state index contributed by atoms with van der Waals surface area (Å²) in [6.07, 6.45) is 12.3. The van der Waals surface area contributed by atoms with E-state index in [0.717, 1.165) is 19.3 Å². The van der Waals surface area contributed by atoms with Gasteiger partial charge in [0.15, 0.2) is 9.84 Å². The van der Waals surface area contributed by atoms with Crippen LogP contribution in [0.1, 0.15) is 91.7 Å². The minimum Gasteiger partial charge on any atom is -0.468 e. The SMILES string of the molecule is C#CCCC(NC(=O)C1C2CC(N1C(=O)[C@@H](NC(=O)NC1(CS(=O)(=O)Cc3ccco3)CCCCC1)C(C)(C)C)C2(C)C)C(=O)C(=O)NCC=C. The van der Waals surface area contributed by atoms with Crippen LogP contribution in [0.15, 0.2) is 35.5 Å². The average Bonchev–Trinajstić information content (AvgIpc) is 3.77. The highest BCUT2D eigenvalue weighted by Crippen LogP contribution is 2.59. The highest BCUT2D eigenvalue weighted by atomic mass is 32.2. The Bertz CT molecular complexity index is 1630. The van der Waals surface area contributed by atoms with E-state index in [0.29, 0.717) is 25.0 Å². The minimum atomic E-state index is -3.68. The minimum absolute atomic E-state index is 0.0338. The van der Waals surface area contributed by atoms with Gasteiger partial charge in [0.25, 0.3) is 5.91 Å². The highest BCUT2D eigenvalue weighted by molar-refractivity contribution is 7.90. The lowest BCUT2D eigenvalue weighted by Gasteiger charge is -2.45. The number of amides is 5. The maximum absolute atomic E-state index is 14.6. The molecule has 2 saturated heterocycles. The van der Waals surface area contributed by atoms with Crippen molar-refractivity contribution in [2.24, 2.45) is 16.7 Å². The molecule has 0 aromatic carbocycles. The van der Waals surface area contributed by atoms with Gasteiger partial charge in [-0.2, -0.15) is 0 Å². The number of nitrogens with one attached hydrogen (secondary N) is 4. The fourth-order valence-electron chi connectivity index (χ4n) is 7.92. The first-order valence-electron chi connectivity index (χ1n) is 17.7. The number of hydrogen-bond acceptors (Lipinski definition) is 8. The number of furan rings is 1. The molecule has 280 valence electrons. The molecule has 5 amide bonds. The van der Waals surface area contributed by atoms with Crippen LogP contribution in [-0.4, -0.2) is 84.9 Å². The van der Waals surface area contributed by atoms with E-state index < -0.39 is 73.9 Å². The molecule has 14 heteroatoms. The monoisotopic (exact) mass is 727 g/mol. The number of urea groups is 1. The predicted molar refractivity (Wildman–Crippen MR) is 191 cm³/mol. The third-order valence-corrected chi connectivity index (χ3v) is 12.4. The van der Waals surface area contributed by atoms with Crippen molar-refractivity contribution < 1.29 is 36.8 Å². The summed E-state index contributed by atoms with van der Waals surface area (Å²) in [6.45, 7) is 13.0. The zero-order chi connectivity index (χ0) is 37.8. The lowest BCUT2D eigenvalue weighted by atomic mass is 9.61. The molecule has 4 fully saturated rings. The summed E-state index contributed by atoms with van der Waals surface area (Å²) in [5.74, 6) is -0.818. The number of ketones is 1. The predicted octanol–water partition coefficient (Wildman–Crippen LogP) is 3.01. The van der Waals surface area contributed by atoms with E-state index in [1.54, 1.807) is 32.9 Å². The van der Waals surface area contributed by atoms with E-state index in [2.05, 4.69) is 33.8 Å². The maximum Gasteiger partial charge on any atom is 0.315 e. The number of hydrogen-bond donors (Lipinski definition) is 4. The summed E-state index contributed by atoms with van der Waals surface area (Å²) in [7, 11) is -3.68. The molecular weight excluding hydrogens is 675 g/mol. The number of fused-ring (bicyclic) bond motifs is 1. The number of carbonyl (C=O) groups is 5. The molecule has 13 nitrogen and oxygen atoms in total. The number of carbonyl (C=O) groups excluding carboxylic acids is 5. The van der Waals surface area contributed by atoms with Crippen molar-refractivity contribution in [1.82, 2.24) is 26.2 Å². The molecule has 2 aliphatic heterocycles. The van der Waals surface area contributed by atoms with Gasteiger partial charge in [-0.3, -0.25) is 19.2 Å². The van der Waals surface area contributed by atoms with Crippen LogP contribution >= 0.6 is 0 Å². The maximum atomic E-state index is 14.6.